The van der Waals surface area contributed by atoms with Crippen LogP contribution in [0.1, 0.15) is 40.2 Å². The van der Waals surface area contributed by atoms with Crippen molar-refractivity contribution in [3.8, 4) is 0 Å². The van der Waals surface area contributed by atoms with Crippen molar-refractivity contribution in [1.82, 2.24) is 14.8 Å². The first-order valence-corrected chi connectivity index (χ1v) is 9.85. The van der Waals surface area contributed by atoms with E-state index in [1.54, 1.807) is 0 Å². The fraction of sp³-hybridized carbons (Fsp3) is 0.684. The molecule has 9 heteroatoms. The minimum absolute atomic E-state index is 0.0156. The predicted octanol–water partition coefficient (Wildman–Crippen LogP) is 3.91. The molecule has 0 bridgehead atoms. The molecule has 0 saturated carbocycles. The van der Waals surface area contributed by atoms with Crippen molar-refractivity contribution in [2.45, 2.75) is 58.9 Å². The number of carbonyl (C=O) groups excluding carboxylic acids is 1. The smallest absolute Gasteiger partial charge is 0.353 e. The molecule has 1 unspecified atom stereocenters. The van der Waals surface area contributed by atoms with Gasteiger partial charge in [0.15, 0.2) is 0 Å². The third-order valence-electron chi connectivity index (χ3n) is 5.04. The lowest BCUT2D eigenvalue weighted by Gasteiger charge is -2.41. The number of alkyl halides is 3. The van der Waals surface area contributed by atoms with Crippen LogP contribution in [0.4, 0.5) is 19.0 Å². The third-order valence-corrected chi connectivity index (χ3v) is 5.31. The standard InChI is InChI=1S/C19H28ClF3N4O/c1-12(2)27(13(3)4)18(28)14(5)25-6-8-26(9-7-25)17-16(20)10-15(11-24-17)19(21,22)23/h10-14H,6-9H2,1-5H3. The molecule has 1 saturated heterocycles. The summed E-state index contributed by atoms with van der Waals surface area (Å²) < 4.78 is 38.3. The van der Waals surface area contributed by atoms with Crippen molar-refractivity contribution in [1.29, 1.82) is 0 Å². The van der Waals surface area contributed by atoms with Gasteiger partial charge in [0.1, 0.15) is 5.82 Å². The normalized spacial score (nSPS) is 17.3. The van der Waals surface area contributed by atoms with Crippen molar-refractivity contribution in [2.24, 2.45) is 0 Å². The number of amides is 1. The minimum atomic E-state index is -4.47. The summed E-state index contributed by atoms with van der Waals surface area (Å²) in [5.41, 5.74) is -0.860. The molecule has 28 heavy (non-hydrogen) atoms. The van der Waals surface area contributed by atoms with E-state index in [0.29, 0.717) is 32.0 Å². The molecule has 0 radical (unpaired) electrons. The molecule has 5 nitrogen and oxygen atoms in total. The van der Waals surface area contributed by atoms with Crippen LogP contribution in [-0.4, -0.2) is 65.0 Å². The number of piperazine rings is 1. The Labute approximate surface area is 169 Å². The van der Waals surface area contributed by atoms with Crippen molar-refractivity contribution in [2.75, 3.05) is 31.1 Å². The molecule has 0 N–H and O–H groups in total. The molecule has 0 spiro atoms. The summed E-state index contributed by atoms with van der Waals surface area (Å²) in [6.45, 7) is 12.2. The summed E-state index contributed by atoms with van der Waals surface area (Å²) >= 11 is 6.05. The van der Waals surface area contributed by atoms with Crippen LogP contribution in [0.5, 0.6) is 0 Å². The first kappa shape index (κ1) is 22.7. The number of rotatable bonds is 5. The zero-order chi connectivity index (χ0) is 21.2. The highest BCUT2D eigenvalue weighted by atomic mass is 35.5. The Bertz CT molecular complexity index is 680. The molecule has 1 aliphatic rings. The van der Waals surface area contributed by atoms with Crippen molar-refractivity contribution in [3.63, 3.8) is 0 Å². The van der Waals surface area contributed by atoms with Gasteiger partial charge in [0.2, 0.25) is 5.91 Å². The molecule has 0 aliphatic carbocycles. The zero-order valence-electron chi connectivity index (χ0n) is 16.9. The first-order valence-electron chi connectivity index (χ1n) is 9.47. The zero-order valence-corrected chi connectivity index (χ0v) is 17.7. The molecule has 2 heterocycles. The highest BCUT2D eigenvalue weighted by Crippen LogP contribution is 2.33. The summed E-state index contributed by atoms with van der Waals surface area (Å²) in [4.78, 5) is 22.7. The van der Waals surface area contributed by atoms with E-state index in [0.717, 1.165) is 12.3 Å². The van der Waals surface area contributed by atoms with E-state index in [9.17, 15) is 18.0 Å². The van der Waals surface area contributed by atoms with Crippen molar-refractivity contribution < 1.29 is 18.0 Å². The summed E-state index contributed by atoms with van der Waals surface area (Å²) in [6, 6.07) is 0.881. The van der Waals surface area contributed by atoms with Crippen LogP contribution in [0, 0.1) is 0 Å². The third kappa shape index (κ3) is 5.08. The summed E-state index contributed by atoms with van der Waals surface area (Å²) in [5.74, 6) is 0.434. The molecule has 1 fully saturated rings. The number of pyridine rings is 1. The summed E-state index contributed by atoms with van der Waals surface area (Å²) in [7, 11) is 0. The fourth-order valence-corrected chi connectivity index (χ4v) is 3.90. The van der Waals surface area contributed by atoms with E-state index < -0.39 is 11.7 Å². The number of aromatic nitrogens is 1. The topological polar surface area (TPSA) is 39.7 Å². The molecule has 158 valence electrons. The van der Waals surface area contributed by atoms with E-state index in [2.05, 4.69) is 9.88 Å². The number of halogens is 4. The molecule has 2 rings (SSSR count). The van der Waals surface area contributed by atoms with E-state index in [4.69, 9.17) is 11.6 Å². The molecule has 0 aromatic carbocycles. The number of anilines is 1. The van der Waals surface area contributed by atoms with Gasteiger partial charge >= 0.3 is 6.18 Å². The second kappa shape index (κ2) is 8.86. The van der Waals surface area contributed by atoms with Crippen LogP contribution >= 0.6 is 11.6 Å². The maximum Gasteiger partial charge on any atom is 0.417 e. The van der Waals surface area contributed by atoms with E-state index in [1.165, 1.54) is 0 Å². The first-order chi connectivity index (χ1) is 12.9. The van der Waals surface area contributed by atoms with E-state index in [1.807, 2.05) is 44.4 Å². The monoisotopic (exact) mass is 420 g/mol. The van der Waals surface area contributed by atoms with Crippen LogP contribution in [0.25, 0.3) is 0 Å². The molecule has 1 aromatic heterocycles. The highest BCUT2D eigenvalue weighted by molar-refractivity contribution is 6.33. The minimum Gasteiger partial charge on any atom is -0.353 e. The summed E-state index contributed by atoms with van der Waals surface area (Å²) in [6.07, 6.45) is -3.66. The van der Waals surface area contributed by atoms with Gasteiger partial charge in [-0.05, 0) is 40.7 Å². The molecular weight excluding hydrogens is 393 g/mol. The van der Waals surface area contributed by atoms with Gasteiger partial charge < -0.3 is 9.80 Å². The van der Waals surface area contributed by atoms with Gasteiger partial charge in [-0.25, -0.2) is 4.98 Å². The van der Waals surface area contributed by atoms with Gasteiger partial charge in [-0.1, -0.05) is 11.6 Å². The van der Waals surface area contributed by atoms with Crippen molar-refractivity contribution in [3.05, 3.63) is 22.8 Å². The SMILES string of the molecule is CC(C(=O)N(C(C)C)C(C)C)N1CCN(c2ncc(C(F)(F)F)cc2Cl)CC1. The van der Waals surface area contributed by atoms with Gasteiger partial charge in [-0.3, -0.25) is 9.69 Å². The van der Waals surface area contributed by atoms with Crippen molar-refractivity contribution >= 4 is 23.3 Å². The van der Waals surface area contributed by atoms with E-state index in [-0.39, 0.29) is 29.1 Å². The maximum atomic E-state index is 12.9. The quantitative estimate of drug-likeness (QED) is 0.724. The Balaban J connectivity index is 2.03. The fourth-order valence-electron chi connectivity index (χ4n) is 3.62. The second-order valence-electron chi connectivity index (χ2n) is 7.66. The second-order valence-corrected chi connectivity index (χ2v) is 8.07. The molecule has 1 aliphatic heterocycles. The Hall–Kier alpha value is -1.54. The Kier molecular flexibility index (Phi) is 7.20. The lowest BCUT2D eigenvalue weighted by molar-refractivity contribution is -0.140. The highest BCUT2D eigenvalue weighted by Gasteiger charge is 2.34. The molecule has 1 amide bonds. The lowest BCUT2D eigenvalue weighted by Crippen LogP contribution is -2.56. The van der Waals surface area contributed by atoms with Gasteiger partial charge in [-0.2, -0.15) is 13.2 Å². The van der Waals surface area contributed by atoms with Crippen LogP contribution in [0.15, 0.2) is 12.3 Å². The molecular formula is C19H28ClF3N4O. The lowest BCUT2D eigenvalue weighted by atomic mass is 10.1. The van der Waals surface area contributed by atoms with Crippen LogP contribution in [0.2, 0.25) is 5.02 Å². The molecule has 1 aromatic rings. The van der Waals surface area contributed by atoms with Crippen LogP contribution in [0.3, 0.4) is 0 Å². The summed E-state index contributed by atoms with van der Waals surface area (Å²) in [5, 5.41) is -0.0156. The number of carbonyl (C=O) groups is 1. The number of hydrogen-bond acceptors (Lipinski definition) is 4. The van der Waals surface area contributed by atoms with Crippen LogP contribution in [-0.2, 0) is 11.0 Å². The Morgan fingerprint density at radius 2 is 1.64 bits per heavy atom. The average molecular weight is 421 g/mol. The maximum absolute atomic E-state index is 12.9. The molecule has 1 atom stereocenters. The largest absolute Gasteiger partial charge is 0.417 e. The Morgan fingerprint density at radius 3 is 2.07 bits per heavy atom. The average Bonchev–Trinajstić information content (AvgIpc) is 2.59. The predicted molar refractivity (Wildman–Crippen MR) is 105 cm³/mol. The Morgan fingerprint density at radius 1 is 1.11 bits per heavy atom. The van der Waals surface area contributed by atoms with Gasteiger partial charge in [-0.15, -0.1) is 0 Å². The van der Waals surface area contributed by atoms with Crippen LogP contribution < -0.4 is 4.90 Å². The van der Waals surface area contributed by atoms with Gasteiger partial charge in [0.05, 0.1) is 16.6 Å². The number of hydrogen-bond donors (Lipinski definition) is 0. The van der Waals surface area contributed by atoms with E-state index >= 15 is 0 Å². The van der Waals surface area contributed by atoms with Gasteiger partial charge in [0, 0.05) is 44.5 Å². The van der Waals surface area contributed by atoms with Gasteiger partial charge in [0.25, 0.3) is 0 Å². The number of nitrogens with zero attached hydrogens (tertiary/aromatic N) is 4.